The Morgan fingerprint density at radius 1 is 0.788 bits per heavy atom. The summed E-state index contributed by atoms with van der Waals surface area (Å²) in [7, 11) is 0. The molecule has 278 valence electrons. The SMILES string of the molecule is CCCCNC1C=CC(C2CC34CC(c5ccc(C(N)CCC)cc5)CC3(C2)c2cc(C(C)(C)C)c(C)cc2-c2ccc(C(C)(C)C)cc24)=CC1C. The molecule has 2 saturated carbocycles. The molecule has 0 heterocycles. The number of fused-ring (bicyclic) bond motifs is 3. The number of allylic oxidation sites excluding steroid dienone is 2. The number of nitrogens with two attached hydrogens (primary N) is 1. The first kappa shape index (κ1) is 37.4. The first-order valence-corrected chi connectivity index (χ1v) is 20.9. The summed E-state index contributed by atoms with van der Waals surface area (Å²) in [5.74, 6) is 1.56. The molecule has 0 aliphatic heterocycles. The summed E-state index contributed by atoms with van der Waals surface area (Å²) in [6.07, 6.45) is 17.1. The molecule has 7 atom stereocenters. The zero-order chi connectivity index (χ0) is 37.2. The summed E-state index contributed by atoms with van der Waals surface area (Å²) in [6, 6.07) is 23.1. The summed E-state index contributed by atoms with van der Waals surface area (Å²) in [5, 5.41) is 3.85. The zero-order valence-corrected chi connectivity index (χ0v) is 34.3. The van der Waals surface area contributed by atoms with E-state index in [1.807, 2.05) is 0 Å². The number of nitrogens with one attached hydrogen (secondary N) is 1. The van der Waals surface area contributed by atoms with E-state index >= 15 is 0 Å². The molecule has 0 radical (unpaired) electrons. The van der Waals surface area contributed by atoms with Crippen LogP contribution in [0, 0.1) is 18.8 Å². The van der Waals surface area contributed by atoms with Gasteiger partial charge in [-0.25, -0.2) is 0 Å². The molecule has 3 aromatic carbocycles. The molecule has 2 nitrogen and oxygen atoms in total. The van der Waals surface area contributed by atoms with E-state index in [0.29, 0.717) is 23.8 Å². The highest BCUT2D eigenvalue weighted by Crippen LogP contribution is 2.74. The van der Waals surface area contributed by atoms with Crippen LogP contribution >= 0.6 is 0 Å². The van der Waals surface area contributed by atoms with Gasteiger partial charge in [0.15, 0.2) is 0 Å². The summed E-state index contributed by atoms with van der Waals surface area (Å²) in [4.78, 5) is 0. The quantitative estimate of drug-likeness (QED) is 0.219. The smallest absolute Gasteiger partial charge is 0.0313 e. The fraction of sp³-hybridized carbons (Fsp3) is 0.560. The molecule has 2 heteroatoms. The van der Waals surface area contributed by atoms with E-state index < -0.39 is 0 Å². The van der Waals surface area contributed by atoms with E-state index in [0.717, 1.165) is 19.4 Å². The molecule has 0 saturated heterocycles. The van der Waals surface area contributed by atoms with E-state index in [1.165, 1.54) is 77.5 Å². The van der Waals surface area contributed by atoms with Crippen molar-refractivity contribution in [3.63, 3.8) is 0 Å². The Labute approximate surface area is 317 Å². The van der Waals surface area contributed by atoms with Gasteiger partial charge in [-0.3, -0.25) is 0 Å². The molecular formula is C50H68N2. The average molecular weight is 697 g/mol. The molecular weight excluding hydrogens is 629 g/mol. The molecule has 0 spiro atoms. The lowest BCUT2D eigenvalue weighted by atomic mass is 9.54. The normalized spacial score (nSPS) is 28.6. The number of benzene rings is 3. The maximum atomic E-state index is 6.61. The van der Waals surface area contributed by atoms with Gasteiger partial charge in [0, 0.05) is 22.9 Å². The number of hydrogen-bond acceptors (Lipinski definition) is 2. The van der Waals surface area contributed by atoms with Gasteiger partial charge in [0.25, 0.3) is 0 Å². The number of aryl methyl sites for hydroxylation is 1. The van der Waals surface area contributed by atoms with Gasteiger partial charge in [0.1, 0.15) is 0 Å². The predicted octanol–water partition coefficient (Wildman–Crippen LogP) is 12.4. The molecule has 7 unspecified atom stereocenters. The van der Waals surface area contributed by atoms with Crippen molar-refractivity contribution in [3.05, 3.63) is 117 Å². The van der Waals surface area contributed by atoms with Crippen molar-refractivity contribution in [2.45, 2.75) is 160 Å². The topological polar surface area (TPSA) is 38.0 Å². The van der Waals surface area contributed by atoms with Crippen LogP contribution < -0.4 is 11.1 Å². The second-order valence-corrected chi connectivity index (χ2v) is 19.6. The van der Waals surface area contributed by atoms with Crippen LogP contribution in [0.25, 0.3) is 11.1 Å². The van der Waals surface area contributed by atoms with Gasteiger partial charge in [-0.1, -0.05) is 148 Å². The Bertz CT molecular complexity index is 1840. The van der Waals surface area contributed by atoms with Gasteiger partial charge in [0.05, 0.1) is 0 Å². The standard InChI is InChI=1S/C50H68N2/c1-11-13-23-52-46-22-19-36(24-33(46)4)38-30-49-28-37(34-15-17-35(18-16-34)45(51)14-12-2)29-50(49,31-38)44-27-42(48(8,9)10)32(3)25-41(44)40-21-20-39(26-43(40)49)47(5,6)7/h15-22,24-27,33,37-38,45-46,52H,11-14,23,28-31,51H2,1-10H3. The summed E-state index contributed by atoms with van der Waals surface area (Å²) in [5.41, 5.74) is 22.0. The first-order chi connectivity index (χ1) is 24.6. The van der Waals surface area contributed by atoms with Crippen LogP contribution in [0.2, 0.25) is 0 Å². The monoisotopic (exact) mass is 697 g/mol. The molecule has 3 aromatic rings. The van der Waals surface area contributed by atoms with E-state index in [-0.39, 0.29) is 27.7 Å². The third-order valence-electron chi connectivity index (χ3n) is 14.0. The fourth-order valence-corrected chi connectivity index (χ4v) is 11.3. The second-order valence-electron chi connectivity index (χ2n) is 19.6. The maximum absolute atomic E-state index is 6.61. The summed E-state index contributed by atoms with van der Waals surface area (Å²) >= 11 is 0. The number of unbranched alkanes of at least 4 members (excludes halogenated alkanes) is 1. The lowest BCUT2D eigenvalue weighted by Crippen LogP contribution is -2.44. The second kappa shape index (κ2) is 13.7. The Morgan fingerprint density at radius 3 is 2.04 bits per heavy atom. The van der Waals surface area contributed by atoms with E-state index in [9.17, 15) is 0 Å². The van der Waals surface area contributed by atoms with Crippen molar-refractivity contribution in [1.82, 2.24) is 5.32 Å². The molecule has 52 heavy (non-hydrogen) atoms. The van der Waals surface area contributed by atoms with Crippen molar-refractivity contribution in [1.29, 1.82) is 0 Å². The van der Waals surface area contributed by atoms with Crippen molar-refractivity contribution in [2.75, 3.05) is 6.54 Å². The molecule has 4 aliphatic rings. The zero-order valence-electron chi connectivity index (χ0n) is 34.3. The van der Waals surface area contributed by atoms with Crippen molar-refractivity contribution in [2.24, 2.45) is 17.6 Å². The van der Waals surface area contributed by atoms with Crippen molar-refractivity contribution >= 4 is 0 Å². The lowest BCUT2D eigenvalue weighted by Gasteiger charge is -2.48. The van der Waals surface area contributed by atoms with E-state index in [2.05, 4.69) is 147 Å². The molecule has 3 N–H and O–H groups in total. The Kier molecular flexibility index (Phi) is 9.87. The third kappa shape index (κ3) is 6.28. The highest BCUT2D eigenvalue weighted by molar-refractivity contribution is 5.81. The van der Waals surface area contributed by atoms with Crippen LogP contribution in [0.4, 0.5) is 0 Å². The summed E-state index contributed by atoms with van der Waals surface area (Å²) < 4.78 is 0. The molecule has 0 amide bonds. The highest BCUT2D eigenvalue weighted by Gasteiger charge is 2.67. The summed E-state index contributed by atoms with van der Waals surface area (Å²) in [6.45, 7) is 24.8. The van der Waals surface area contributed by atoms with Gasteiger partial charge in [0.2, 0.25) is 0 Å². The first-order valence-electron chi connectivity index (χ1n) is 20.9. The van der Waals surface area contributed by atoms with Gasteiger partial charge < -0.3 is 11.1 Å². The van der Waals surface area contributed by atoms with Gasteiger partial charge in [-0.05, 0) is 136 Å². The van der Waals surface area contributed by atoms with Crippen molar-refractivity contribution < 1.29 is 0 Å². The van der Waals surface area contributed by atoms with Gasteiger partial charge in [-0.2, -0.15) is 0 Å². The molecule has 7 rings (SSSR count). The predicted molar refractivity (Wildman–Crippen MR) is 223 cm³/mol. The minimum atomic E-state index is 0.0697. The number of hydrogen-bond donors (Lipinski definition) is 2. The molecule has 2 fully saturated rings. The molecule has 4 aliphatic carbocycles. The van der Waals surface area contributed by atoms with Gasteiger partial charge in [-0.15, -0.1) is 0 Å². The van der Waals surface area contributed by atoms with Gasteiger partial charge >= 0.3 is 0 Å². The van der Waals surface area contributed by atoms with Crippen LogP contribution in [0.5, 0.6) is 0 Å². The fourth-order valence-electron chi connectivity index (χ4n) is 11.3. The molecule has 0 aromatic heterocycles. The Morgan fingerprint density at radius 2 is 1.44 bits per heavy atom. The van der Waals surface area contributed by atoms with Crippen LogP contribution in [0.1, 0.15) is 165 Å². The number of rotatable bonds is 9. The third-order valence-corrected chi connectivity index (χ3v) is 14.0. The highest BCUT2D eigenvalue weighted by atomic mass is 14.9. The van der Waals surface area contributed by atoms with Crippen molar-refractivity contribution in [3.8, 4) is 11.1 Å². The minimum Gasteiger partial charge on any atom is -0.324 e. The maximum Gasteiger partial charge on any atom is 0.0313 e. The lowest BCUT2D eigenvalue weighted by molar-refractivity contribution is 0.298. The average Bonchev–Trinajstić information content (AvgIpc) is 3.61. The van der Waals surface area contributed by atoms with Crippen LogP contribution in [0.15, 0.2) is 78.4 Å². The van der Waals surface area contributed by atoms with E-state index in [1.54, 1.807) is 16.7 Å². The Balaban J connectivity index is 1.40. The Hall–Kier alpha value is -2.94. The minimum absolute atomic E-state index is 0.0697. The largest absolute Gasteiger partial charge is 0.324 e. The van der Waals surface area contributed by atoms with E-state index in [4.69, 9.17) is 5.73 Å². The van der Waals surface area contributed by atoms with Crippen LogP contribution in [-0.2, 0) is 21.7 Å². The van der Waals surface area contributed by atoms with Crippen LogP contribution in [-0.4, -0.2) is 12.6 Å². The van der Waals surface area contributed by atoms with Crippen LogP contribution in [0.3, 0.4) is 0 Å². The molecule has 0 bridgehead atoms.